The fourth-order valence-electron chi connectivity index (χ4n) is 6.48. The SMILES string of the molecule is BC1NC(B)(B)C(B)(B)N(c2c(CC)n(CC(=O)Nc3ccc(C(F)(F)F)cc3Cl)c3nc(C4=CCOCC4)nn3c2=O)C1(B)B. The Labute approximate surface area is 276 Å². The second-order valence-electron chi connectivity index (χ2n) is 13.5. The van der Waals surface area contributed by atoms with Crippen LogP contribution in [0.2, 0.25) is 5.02 Å². The predicted molar refractivity (Wildman–Crippen MR) is 193 cm³/mol. The van der Waals surface area contributed by atoms with Gasteiger partial charge in [0.2, 0.25) is 11.7 Å². The summed E-state index contributed by atoms with van der Waals surface area (Å²) >= 11 is 6.16. The number of benzene rings is 1. The van der Waals surface area contributed by atoms with Crippen LogP contribution in [-0.2, 0) is 28.7 Å². The average Bonchev–Trinajstić information content (AvgIpc) is 3.41. The van der Waals surface area contributed by atoms with Crippen LogP contribution in [0.1, 0.15) is 30.4 Å². The number of nitrogens with one attached hydrogen (secondary N) is 2. The second-order valence-corrected chi connectivity index (χ2v) is 13.9. The molecule has 46 heavy (non-hydrogen) atoms. The maximum absolute atomic E-state index is 14.6. The Morgan fingerprint density at radius 3 is 2.50 bits per heavy atom. The number of nitrogens with zero attached hydrogens (tertiary/aromatic N) is 5. The highest BCUT2D eigenvalue weighted by Gasteiger charge is 2.54. The first-order chi connectivity index (χ1) is 21.3. The maximum atomic E-state index is 14.6. The number of hydrogen-bond acceptors (Lipinski definition) is 7. The van der Waals surface area contributed by atoms with Gasteiger partial charge in [-0.25, -0.2) is 0 Å². The fourth-order valence-corrected chi connectivity index (χ4v) is 6.71. The molecule has 0 spiro atoms. The largest absolute Gasteiger partial charge is 0.416 e. The van der Waals surface area contributed by atoms with E-state index in [1.807, 2.05) is 13.0 Å². The summed E-state index contributed by atoms with van der Waals surface area (Å²) < 4.78 is 48.0. The molecule has 1 fully saturated rings. The van der Waals surface area contributed by atoms with E-state index in [1.54, 1.807) is 4.57 Å². The number of hydrogen-bond donors (Lipinski definition) is 2. The summed E-state index contributed by atoms with van der Waals surface area (Å²) in [6.07, 6.45) is -1.77. The van der Waals surface area contributed by atoms with Gasteiger partial charge in [0, 0.05) is 0 Å². The molecule has 2 N–H and O–H groups in total. The van der Waals surface area contributed by atoms with Crippen LogP contribution < -0.4 is 21.1 Å². The monoisotopic (exact) mass is 649 g/mol. The Bertz CT molecular complexity index is 1800. The molecular weight excluding hydrogens is 614 g/mol. The second kappa shape index (κ2) is 11.9. The van der Waals surface area contributed by atoms with E-state index in [4.69, 9.17) is 21.3 Å². The normalized spacial score (nSPS) is 20.8. The molecule has 0 saturated carbocycles. The predicted octanol–water partition coefficient (Wildman–Crippen LogP) is -4.30. The molecule has 0 bridgehead atoms. The van der Waals surface area contributed by atoms with Crippen molar-refractivity contribution < 1.29 is 22.7 Å². The molecule has 5 rings (SSSR count). The third kappa shape index (κ3) is 5.85. The van der Waals surface area contributed by atoms with Gasteiger partial charge in [-0.3, -0.25) is 9.59 Å². The molecule has 1 amide bonds. The Kier molecular flexibility index (Phi) is 8.91. The van der Waals surface area contributed by atoms with Crippen molar-refractivity contribution in [2.24, 2.45) is 0 Å². The number of amides is 1. The van der Waals surface area contributed by atoms with Crippen LogP contribution in [0.15, 0.2) is 29.1 Å². The molecule has 1 saturated heterocycles. The van der Waals surface area contributed by atoms with Gasteiger partial charge in [0.05, 0.1) is 35.2 Å². The first-order valence-electron chi connectivity index (χ1n) is 15.4. The number of halogens is 4. The number of ether oxygens (including phenoxy) is 1. The molecule has 1 unspecified atom stereocenters. The van der Waals surface area contributed by atoms with E-state index in [0.29, 0.717) is 43.3 Å². The van der Waals surface area contributed by atoms with Crippen molar-refractivity contribution in [3.8, 4) is 0 Å². The maximum Gasteiger partial charge on any atom is 0.416 e. The van der Waals surface area contributed by atoms with Crippen molar-refractivity contribution in [1.82, 2.24) is 24.5 Å². The number of rotatable bonds is 6. The quantitative estimate of drug-likeness (QED) is 0.261. The topological polar surface area (TPSA) is 106 Å². The van der Waals surface area contributed by atoms with E-state index in [1.165, 1.54) is 4.52 Å². The zero-order chi connectivity index (χ0) is 34.0. The molecule has 10 nitrogen and oxygen atoms in total. The number of carbonyl (C=O) groups excluding carboxylic acids is 1. The van der Waals surface area contributed by atoms with Crippen LogP contribution in [-0.4, -0.2) is 115 Å². The molecular formula is C25H34B7ClF3N7O3. The van der Waals surface area contributed by atoms with E-state index in [-0.39, 0.29) is 34.5 Å². The third-order valence-electron chi connectivity index (χ3n) is 9.81. The minimum absolute atomic E-state index is 0.0319. The Hall–Kier alpha value is -2.97. The first-order valence-corrected chi connectivity index (χ1v) is 15.7. The summed E-state index contributed by atoms with van der Waals surface area (Å²) in [7, 11) is 14.6. The van der Waals surface area contributed by atoms with Gasteiger partial charge in [0.15, 0.2) is 5.82 Å². The number of piperazine rings is 1. The molecule has 2 aromatic heterocycles. The number of aromatic nitrogens is 4. The zero-order valence-electron chi connectivity index (χ0n) is 27.4. The van der Waals surface area contributed by atoms with E-state index in [0.717, 1.165) is 23.8 Å². The lowest BCUT2D eigenvalue weighted by atomic mass is 9.32. The molecule has 4 heterocycles. The highest BCUT2D eigenvalue weighted by molar-refractivity contribution is 6.58. The molecule has 1 aromatic carbocycles. The number of carbonyl (C=O) groups is 1. The van der Waals surface area contributed by atoms with Crippen molar-refractivity contribution in [2.45, 2.75) is 54.4 Å². The molecule has 3 aromatic rings. The molecule has 2 aliphatic rings. The lowest BCUT2D eigenvalue weighted by Gasteiger charge is -2.66. The number of fused-ring (bicyclic) bond motifs is 1. The summed E-state index contributed by atoms with van der Waals surface area (Å²) in [5.41, 5.74) is 0.573. The van der Waals surface area contributed by atoms with Gasteiger partial charge in [0.1, 0.15) is 67.2 Å². The van der Waals surface area contributed by atoms with Crippen LogP contribution in [0.5, 0.6) is 0 Å². The highest BCUT2D eigenvalue weighted by Crippen LogP contribution is 2.37. The van der Waals surface area contributed by atoms with Gasteiger partial charge in [-0.15, -0.1) is 5.10 Å². The zero-order valence-corrected chi connectivity index (χ0v) is 28.2. The molecule has 21 heteroatoms. The minimum Gasteiger partial charge on any atom is -0.385 e. The number of alkyl halides is 3. The van der Waals surface area contributed by atoms with Crippen LogP contribution in [0.4, 0.5) is 24.5 Å². The van der Waals surface area contributed by atoms with Gasteiger partial charge in [-0.05, 0) is 58.6 Å². The smallest absolute Gasteiger partial charge is 0.385 e. The van der Waals surface area contributed by atoms with Crippen LogP contribution in [0.3, 0.4) is 0 Å². The minimum atomic E-state index is -4.58. The van der Waals surface area contributed by atoms with Crippen LogP contribution in [0.25, 0.3) is 11.4 Å². The van der Waals surface area contributed by atoms with E-state index in [2.05, 4.69) is 75.6 Å². The Morgan fingerprint density at radius 2 is 1.91 bits per heavy atom. The highest BCUT2D eigenvalue weighted by atomic mass is 35.5. The molecule has 1 atom stereocenters. The van der Waals surface area contributed by atoms with Gasteiger partial charge < -0.3 is 24.8 Å². The summed E-state index contributed by atoms with van der Waals surface area (Å²) in [6, 6.07) is 2.75. The van der Waals surface area contributed by atoms with E-state index in [9.17, 15) is 22.8 Å². The molecule has 0 aliphatic carbocycles. The Balaban J connectivity index is 1.70. The van der Waals surface area contributed by atoms with Gasteiger partial charge >= 0.3 is 6.18 Å². The Morgan fingerprint density at radius 1 is 1.22 bits per heavy atom. The van der Waals surface area contributed by atoms with E-state index < -0.39 is 33.7 Å². The third-order valence-corrected chi connectivity index (χ3v) is 10.1. The van der Waals surface area contributed by atoms with Crippen molar-refractivity contribution in [3.63, 3.8) is 0 Å². The lowest BCUT2D eigenvalue weighted by Crippen LogP contribution is -2.87. The summed E-state index contributed by atoms with van der Waals surface area (Å²) in [6.45, 7) is 2.49. The van der Waals surface area contributed by atoms with Crippen molar-refractivity contribution in [3.05, 3.63) is 56.7 Å². The molecule has 0 radical (unpaired) electrons. The van der Waals surface area contributed by atoms with Crippen molar-refractivity contribution in [2.75, 3.05) is 23.4 Å². The lowest BCUT2D eigenvalue weighted by molar-refractivity contribution is -0.137. The van der Waals surface area contributed by atoms with Crippen molar-refractivity contribution >= 4 is 95.2 Å². The molecule has 236 valence electrons. The van der Waals surface area contributed by atoms with Crippen molar-refractivity contribution in [1.29, 1.82) is 0 Å². The summed E-state index contributed by atoms with van der Waals surface area (Å²) in [5.74, 6) is -0.0467. The first kappa shape index (κ1) is 34.4. The number of anilines is 2. The summed E-state index contributed by atoms with van der Waals surface area (Å²) in [5, 5.41) is 9.19. The summed E-state index contributed by atoms with van der Waals surface area (Å²) in [4.78, 5) is 35.1. The standard InChI is InChI=1S/C25H34B7ClF3N7O3/c1-2-15-17(43-22(27,28)20(26)39-24(29,30)25(43,31)32)19(45)42-21(38-18(40-42)11-5-7-46-8-6-11)41(15)10-16(44)37-14-4-3-12(9-13(14)33)23(34,35)36/h3-5,9,20,39H,2,6-8,10,26-32H2,1H3,(H,37,44). The fraction of sp³-hybridized carbons (Fsp3) is 0.440. The van der Waals surface area contributed by atoms with Gasteiger partial charge in [0.25, 0.3) is 5.56 Å². The van der Waals surface area contributed by atoms with E-state index >= 15 is 0 Å². The van der Waals surface area contributed by atoms with Crippen LogP contribution in [0, 0.1) is 0 Å². The average molecular weight is 649 g/mol. The van der Waals surface area contributed by atoms with Crippen LogP contribution >= 0.6 is 11.6 Å². The van der Waals surface area contributed by atoms with Gasteiger partial charge in [-0.1, -0.05) is 24.6 Å². The van der Waals surface area contributed by atoms with Gasteiger partial charge in [-0.2, -0.15) is 22.7 Å². The molecule has 2 aliphatic heterocycles.